The van der Waals surface area contributed by atoms with Gasteiger partial charge < -0.3 is 0 Å². The van der Waals surface area contributed by atoms with E-state index in [0.717, 1.165) is 12.8 Å². The third-order valence-electron chi connectivity index (χ3n) is 5.10. The Morgan fingerprint density at radius 3 is 2.50 bits per heavy atom. The molecule has 2 atom stereocenters. The molecule has 1 aromatic rings. The fraction of sp³-hybridized carbons (Fsp3) is 0.364. The van der Waals surface area contributed by atoms with Gasteiger partial charge in [-0.2, -0.15) is 0 Å². The molecule has 2 aliphatic rings. The summed E-state index contributed by atoms with van der Waals surface area (Å²) >= 11 is 0. The van der Waals surface area contributed by atoms with Crippen molar-refractivity contribution in [2.75, 3.05) is 0 Å². The Bertz CT molecular complexity index is 653. The molecule has 0 N–H and O–H groups in total. The van der Waals surface area contributed by atoms with Crippen LogP contribution in [0.4, 0.5) is 0 Å². The van der Waals surface area contributed by atoms with Gasteiger partial charge >= 0.3 is 0 Å². The van der Waals surface area contributed by atoms with Crippen LogP contribution in [0.1, 0.15) is 51.5 Å². The van der Waals surface area contributed by atoms with E-state index in [4.69, 9.17) is 0 Å². The normalized spacial score (nSPS) is 25.0. The quantitative estimate of drug-likeness (QED) is 0.608. The summed E-state index contributed by atoms with van der Waals surface area (Å²) in [6, 6.07) is 11.0. The summed E-state index contributed by atoms with van der Waals surface area (Å²) in [7, 11) is 0. The molecule has 3 rings (SSSR count). The van der Waals surface area contributed by atoms with Gasteiger partial charge in [0, 0.05) is 11.8 Å². The van der Waals surface area contributed by atoms with E-state index in [1.54, 1.807) is 16.7 Å². The number of benzene rings is 1. The van der Waals surface area contributed by atoms with Gasteiger partial charge in [0.1, 0.15) is 0 Å². The van der Waals surface area contributed by atoms with Gasteiger partial charge in [-0.3, -0.25) is 0 Å². The highest BCUT2D eigenvalue weighted by Gasteiger charge is 2.33. The molecule has 0 aliphatic heterocycles. The Labute approximate surface area is 135 Å². The van der Waals surface area contributed by atoms with Crippen LogP contribution in [0.5, 0.6) is 0 Å². The Morgan fingerprint density at radius 1 is 1.05 bits per heavy atom. The van der Waals surface area contributed by atoms with Gasteiger partial charge in [0.2, 0.25) is 0 Å². The number of allylic oxidation sites excluding steroid dienone is 8. The lowest BCUT2D eigenvalue weighted by molar-refractivity contribution is 0.555. The second-order valence-electron chi connectivity index (χ2n) is 6.51. The van der Waals surface area contributed by atoms with Gasteiger partial charge in [0.15, 0.2) is 0 Å². The first kappa shape index (κ1) is 15.1. The van der Waals surface area contributed by atoms with Crippen molar-refractivity contribution in [1.82, 2.24) is 0 Å². The molecule has 0 nitrogen and oxygen atoms in total. The van der Waals surface area contributed by atoms with Crippen molar-refractivity contribution in [3.63, 3.8) is 0 Å². The molecule has 0 spiro atoms. The smallest absolute Gasteiger partial charge is 0.00977 e. The summed E-state index contributed by atoms with van der Waals surface area (Å²) in [6.45, 7) is 6.71. The summed E-state index contributed by atoms with van der Waals surface area (Å²) in [4.78, 5) is 0. The van der Waals surface area contributed by atoms with Crippen LogP contribution in [0.3, 0.4) is 0 Å². The van der Waals surface area contributed by atoms with Gasteiger partial charge in [0.25, 0.3) is 0 Å². The first-order chi connectivity index (χ1) is 10.7. The van der Waals surface area contributed by atoms with Crippen LogP contribution < -0.4 is 0 Å². The molecule has 0 saturated heterocycles. The first-order valence-corrected chi connectivity index (χ1v) is 8.51. The molecular weight excluding hydrogens is 264 g/mol. The van der Waals surface area contributed by atoms with E-state index >= 15 is 0 Å². The van der Waals surface area contributed by atoms with Gasteiger partial charge in [-0.15, -0.1) is 0 Å². The SMILES string of the molecule is C/C=C\C1=C(CC)C2CC(C)=CC=C2[C@@H](c2ccccc2)C1. The van der Waals surface area contributed by atoms with Gasteiger partial charge in [0.05, 0.1) is 0 Å². The Kier molecular flexibility index (Phi) is 4.47. The second-order valence-corrected chi connectivity index (χ2v) is 6.51. The minimum absolute atomic E-state index is 0.539. The Morgan fingerprint density at radius 2 is 1.82 bits per heavy atom. The maximum atomic E-state index is 2.41. The molecule has 22 heavy (non-hydrogen) atoms. The van der Waals surface area contributed by atoms with Crippen LogP contribution in [0.25, 0.3) is 0 Å². The van der Waals surface area contributed by atoms with Gasteiger partial charge in [-0.25, -0.2) is 0 Å². The topological polar surface area (TPSA) is 0 Å². The zero-order valence-electron chi connectivity index (χ0n) is 14.0. The predicted molar refractivity (Wildman–Crippen MR) is 95.9 cm³/mol. The Hall–Kier alpha value is -1.82. The summed E-state index contributed by atoms with van der Waals surface area (Å²) in [6.07, 6.45) is 12.8. The van der Waals surface area contributed by atoms with Crippen LogP contribution >= 0.6 is 0 Å². The van der Waals surface area contributed by atoms with Crippen LogP contribution in [-0.2, 0) is 0 Å². The van der Waals surface area contributed by atoms with E-state index in [1.807, 2.05) is 0 Å². The lowest BCUT2D eigenvalue weighted by Crippen LogP contribution is -2.23. The van der Waals surface area contributed by atoms with Crippen molar-refractivity contribution in [3.8, 4) is 0 Å². The highest BCUT2D eigenvalue weighted by Crippen LogP contribution is 2.48. The third kappa shape index (κ3) is 2.75. The molecular formula is C22H26. The van der Waals surface area contributed by atoms with E-state index in [-0.39, 0.29) is 0 Å². The largest absolute Gasteiger partial charge is 0.0874 e. The van der Waals surface area contributed by atoms with E-state index < -0.39 is 0 Å². The molecule has 0 radical (unpaired) electrons. The average molecular weight is 290 g/mol. The molecule has 0 aromatic heterocycles. The standard InChI is InChI=1S/C22H26/c1-4-9-18-15-21(17-10-7-6-8-11-17)20-13-12-16(3)14-22(20)19(18)5-2/h4,6-13,21-22H,5,14-15H2,1-3H3/b9-4-/t21-,22?/m1/s1. The third-order valence-corrected chi connectivity index (χ3v) is 5.10. The summed E-state index contributed by atoms with van der Waals surface area (Å²) in [5.74, 6) is 1.15. The van der Waals surface area contributed by atoms with Gasteiger partial charge in [-0.1, -0.05) is 78.3 Å². The average Bonchev–Trinajstić information content (AvgIpc) is 2.55. The second kappa shape index (κ2) is 6.52. The van der Waals surface area contributed by atoms with Crippen molar-refractivity contribution >= 4 is 0 Å². The van der Waals surface area contributed by atoms with Gasteiger partial charge in [-0.05, 0) is 44.2 Å². The number of fused-ring (bicyclic) bond motifs is 1. The molecule has 0 saturated carbocycles. The Balaban J connectivity index is 2.11. The maximum absolute atomic E-state index is 2.41. The molecule has 0 heterocycles. The van der Waals surface area contributed by atoms with Crippen molar-refractivity contribution in [1.29, 1.82) is 0 Å². The molecule has 0 heteroatoms. The van der Waals surface area contributed by atoms with Crippen LogP contribution in [0.15, 0.2) is 76.9 Å². The predicted octanol–water partition coefficient (Wildman–Crippen LogP) is 6.35. The fourth-order valence-electron chi connectivity index (χ4n) is 4.08. The summed E-state index contributed by atoms with van der Waals surface area (Å²) in [5.41, 5.74) is 7.82. The minimum Gasteiger partial charge on any atom is -0.0874 e. The first-order valence-electron chi connectivity index (χ1n) is 8.51. The summed E-state index contributed by atoms with van der Waals surface area (Å²) < 4.78 is 0. The van der Waals surface area contributed by atoms with Crippen molar-refractivity contribution in [3.05, 3.63) is 82.5 Å². The van der Waals surface area contributed by atoms with Crippen molar-refractivity contribution < 1.29 is 0 Å². The highest BCUT2D eigenvalue weighted by atomic mass is 14.4. The number of hydrogen-bond acceptors (Lipinski definition) is 0. The van der Waals surface area contributed by atoms with E-state index in [9.17, 15) is 0 Å². The van der Waals surface area contributed by atoms with Crippen molar-refractivity contribution in [2.45, 2.75) is 46.0 Å². The maximum Gasteiger partial charge on any atom is 0.00977 e. The zero-order valence-corrected chi connectivity index (χ0v) is 14.0. The van der Waals surface area contributed by atoms with E-state index in [2.05, 4.69) is 75.4 Å². The molecule has 0 bridgehead atoms. The summed E-state index contributed by atoms with van der Waals surface area (Å²) in [5, 5.41) is 0. The fourth-order valence-corrected chi connectivity index (χ4v) is 4.08. The molecule has 0 fully saturated rings. The molecule has 2 aliphatic carbocycles. The van der Waals surface area contributed by atoms with Crippen LogP contribution in [-0.4, -0.2) is 0 Å². The van der Waals surface area contributed by atoms with Crippen LogP contribution in [0.2, 0.25) is 0 Å². The number of rotatable bonds is 3. The van der Waals surface area contributed by atoms with Crippen LogP contribution in [0, 0.1) is 5.92 Å². The molecule has 114 valence electrons. The highest BCUT2D eigenvalue weighted by molar-refractivity contribution is 5.48. The zero-order chi connectivity index (χ0) is 15.5. The monoisotopic (exact) mass is 290 g/mol. The van der Waals surface area contributed by atoms with Crippen molar-refractivity contribution in [2.24, 2.45) is 5.92 Å². The molecule has 0 amide bonds. The van der Waals surface area contributed by atoms with E-state index in [1.165, 1.54) is 17.6 Å². The lowest BCUT2D eigenvalue weighted by Gasteiger charge is -2.38. The number of hydrogen-bond donors (Lipinski definition) is 0. The minimum atomic E-state index is 0.539. The molecule has 1 unspecified atom stereocenters. The lowest BCUT2D eigenvalue weighted by atomic mass is 9.66. The van der Waals surface area contributed by atoms with E-state index in [0.29, 0.717) is 11.8 Å². The molecule has 1 aromatic carbocycles.